The lowest BCUT2D eigenvalue weighted by molar-refractivity contribution is -0.111. The molecule has 5 nitrogen and oxygen atoms in total. The van der Waals surface area contributed by atoms with Gasteiger partial charge in [-0.25, -0.2) is 4.98 Å². The van der Waals surface area contributed by atoms with E-state index in [1.807, 2.05) is 47.0 Å². The molecule has 0 unspecified atom stereocenters. The summed E-state index contributed by atoms with van der Waals surface area (Å²) in [7, 11) is 0. The van der Waals surface area contributed by atoms with Crippen LogP contribution >= 0.6 is 11.6 Å². The molecule has 0 bridgehead atoms. The number of anilines is 1. The minimum atomic E-state index is -0.222. The SMILES string of the molecule is O=C(/C=C/c1ccc2c(c1)CCO2)Nc1cn(Cc2cccc(Cl)c2)cn1. The number of fused-ring (bicyclic) bond motifs is 1. The first kappa shape index (κ1) is 17.4. The minimum Gasteiger partial charge on any atom is -0.493 e. The van der Waals surface area contributed by atoms with Gasteiger partial charge in [0.1, 0.15) is 5.75 Å². The van der Waals surface area contributed by atoms with Gasteiger partial charge in [-0.3, -0.25) is 4.79 Å². The van der Waals surface area contributed by atoms with Crippen molar-refractivity contribution in [2.24, 2.45) is 0 Å². The molecule has 0 saturated heterocycles. The van der Waals surface area contributed by atoms with Crippen molar-refractivity contribution in [1.29, 1.82) is 0 Å². The number of rotatable bonds is 5. The van der Waals surface area contributed by atoms with Crippen LogP contribution in [0.15, 0.2) is 61.1 Å². The van der Waals surface area contributed by atoms with Crippen LogP contribution in [-0.4, -0.2) is 22.1 Å². The minimum absolute atomic E-state index is 0.222. The van der Waals surface area contributed by atoms with Gasteiger partial charge in [0.05, 0.1) is 12.9 Å². The highest BCUT2D eigenvalue weighted by Crippen LogP contribution is 2.26. The molecule has 4 rings (SSSR count). The van der Waals surface area contributed by atoms with E-state index in [1.165, 1.54) is 11.6 Å². The second kappa shape index (κ2) is 7.68. The number of nitrogens with zero attached hydrogens (tertiary/aromatic N) is 2. The number of amides is 1. The fraction of sp³-hybridized carbons (Fsp3) is 0.143. The van der Waals surface area contributed by atoms with Gasteiger partial charge in [0, 0.05) is 30.3 Å². The van der Waals surface area contributed by atoms with Gasteiger partial charge in [-0.05, 0) is 47.0 Å². The monoisotopic (exact) mass is 379 g/mol. The Morgan fingerprint density at radius 1 is 1.30 bits per heavy atom. The van der Waals surface area contributed by atoms with Gasteiger partial charge < -0.3 is 14.6 Å². The summed E-state index contributed by atoms with van der Waals surface area (Å²) in [6.45, 7) is 1.36. The number of hydrogen-bond donors (Lipinski definition) is 1. The van der Waals surface area contributed by atoms with Crippen molar-refractivity contribution in [2.75, 3.05) is 11.9 Å². The van der Waals surface area contributed by atoms with Crippen LogP contribution in [-0.2, 0) is 17.8 Å². The lowest BCUT2D eigenvalue weighted by atomic mass is 10.1. The molecule has 0 spiro atoms. The summed E-state index contributed by atoms with van der Waals surface area (Å²) in [5.41, 5.74) is 3.22. The zero-order chi connectivity index (χ0) is 18.6. The van der Waals surface area contributed by atoms with Crippen molar-refractivity contribution in [3.63, 3.8) is 0 Å². The third-order valence-corrected chi connectivity index (χ3v) is 4.51. The Labute approximate surface area is 162 Å². The average molecular weight is 380 g/mol. The summed E-state index contributed by atoms with van der Waals surface area (Å²) in [6.07, 6.45) is 7.68. The predicted molar refractivity (Wildman–Crippen MR) is 106 cm³/mol. The topological polar surface area (TPSA) is 56.1 Å². The van der Waals surface area contributed by atoms with Crippen molar-refractivity contribution < 1.29 is 9.53 Å². The third-order valence-electron chi connectivity index (χ3n) is 4.28. The van der Waals surface area contributed by atoms with Crippen molar-refractivity contribution in [3.05, 3.63) is 82.8 Å². The summed E-state index contributed by atoms with van der Waals surface area (Å²) in [5.74, 6) is 1.22. The lowest BCUT2D eigenvalue weighted by Crippen LogP contribution is -2.08. The van der Waals surface area contributed by atoms with Gasteiger partial charge in [0.15, 0.2) is 5.82 Å². The zero-order valence-electron chi connectivity index (χ0n) is 14.6. The Kier molecular flexibility index (Phi) is 4.94. The highest BCUT2D eigenvalue weighted by Gasteiger charge is 2.11. The fourth-order valence-electron chi connectivity index (χ4n) is 3.01. The first-order valence-electron chi connectivity index (χ1n) is 8.67. The van der Waals surface area contributed by atoms with Crippen molar-refractivity contribution in [1.82, 2.24) is 9.55 Å². The maximum atomic E-state index is 12.1. The molecule has 0 aliphatic carbocycles. The quantitative estimate of drug-likeness (QED) is 0.677. The molecule has 6 heteroatoms. The summed E-state index contributed by atoms with van der Waals surface area (Å²) in [6, 6.07) is 13.6. The van der Waals surface area contributed by atoms with Crippen LogP contribution in [0.1, 0.15) is 16.7 Å². The zero-order valence-corrected chi connectivity index (χ0v) is 15.3. The van der Waals surface area contributed by atoms with Gasteiger partial charge in [-0.2, -0.15) is 0 Å². The molecule has 1 aromatic heterocycles. The second-order valence-corrected chi connectivity index (χ2v) is 6.79. The van der Waals surface area contributed by atoms with E-state index in [0.717, 1.165) is 29.9 Å². The maximum absolute atomic E-state index is 12.1. The molecular formula is C21H18ClN3O2. The molecule has 2 aromatic carbocycles. The predicted octanol–water partition coefficient (Wildman–Crippen LogP) is 4.17. The first-order valence-corrected chi connectivity index (χ1v) is 9.04. The Balaban J connectivity index is 1.36. The van der Waals surface area contributed by atoms with Crippen molar-refractivity contribution >= 4 is 29.4 Å². The number of benzene rings is 2. The van der Waals surface area contributed by atoms with E-state index < -0.39 is 0 Å². The molecule has 2 heterocycles. The smallest absolute Gasteiger partial charge is 0.249 e. The second-order valence-electron chi connectivity index (χ2n) is 6.35. The van der Waals surface area contributed by atoms with Gasteiger partial charge >= 0.3 is 0 Å². The van der Waals surface area contributed by atoms with E-state index in [2.05, 4.69) is 10.3 Å². The number of imidazole rings is 1. The average Bonchev–Trinajstić information content (AvgIpc) is 3.29. The third kappa shape index (κ3) is 4.38. The highest BCUT2D eigenvalue weighted by atomic mass is 35.5. The number of hydrogen-bond acceptors (Lipinski definition) is 3. The molecule has 136 valence electrons. The highest BCUT2D eigenvalue weighted by molar-refractivity contribution is 6.30. The molecule has 1 N–H and O–H groups in total. The Morgan fingerprint density at radius 3 is 3.11 bits per heavy atom. The van der Waals surface area contributed by atoms with Crippen molar-refractivity contribution in [3.8, 4) is 5.75 Å². The van der Waals surface area contributed by atoms with Gasteiger partial charge in [0.25, 0.3) is 0 Å². The van der Waals surface area contributed by atoms with Crippen LogP contribution in [0.5, 0.6) is 5.75 Å². The maximum Gasteiger partial charge on any atom is 0.249 e. The van der Waals surface area contributed by atoms with E-state index in [4.69, 9.17) is 16.3 Å². The van der Waals surface area contributed by atoms with E-state index >= 15 is 0 Å². The normalized spacial score (nSPS) is 12.8. The molecule has 3 aromatic rings. The number of carbonyl (C=O) groups excluding carboxylic acids is 1. The fourth-order valence-corrected chi connectivity index (χ4v) is 3.22. The molecule has 0 atom stereocenters. The number of aromatic nitrogens is 2. The molecule has 0 saturated carbocycles. The van der Waals surface area contributed by atoms with Crippen LogP contribution in [0, 0.1) is 0 Å². The van der Waals surface area contributed by atoms with E-state index in [1.54, 1.807) is 18.6 Å². The van der Waals surface area contributed by atoms with Crippen LogP contribution in [0.3, 0.4) is 0 Å². The van der Waals surface area contributed by atoms with Crippen LogP contribution in [0.4, 0.5) is 5.82 Å². The molecule has 0 fully saturated rings. The van der Waals surface area contributed by atoms with Gasteiger partial charge in [0.2, 0.25) is 5.91 Å². The van der Waals surface area contributed by atoms with E-state index in [-0.39, 0.29) is 5.91 Å². The lowest BCUT2D eigenvalue weighted by Gasteiger charge is -2.02. The summed E-state index contributed by atoms with van der Waals surface area (Å²) in [4.78, 5) is 16.4. The summed E-state index contributed by atoms with van der Waals surface area (Å²) < 4.78 is 7.38. The molecule has 27 heavy (non-hydrogen) atoms. The largest absolute Gasteiger partial charge is 0.493 e. The van der Waals surface area contributed by atoms with E-state index in [0.29, 0.717) is 17.4 Å². The first-order chi connectivity index (χ1) is 13.2. The molecule has 1 amide bonds. The number of halogens is 1. The summed E-state index contributed by atoms with van der Waals surface area (Å²) >= 11 is 6.01. The summed E-state index contributed by atoms with van der Waals surface area (Å²) in [5, 5.41) is 3.47. The number of nitrogens with one attached hydrogen (secondary N) is 1. The molecule has 0 radical (unpaired) electrons. The Bertz CT molecular complexity index is 1010. The van der Waals surface area contributed by atoms with Gasteiger partial charge in [-0.15, -0.1) is 0 Å². The molecular weight excluding hydrogens is 362 g/mol. The molecule has 1 aliphatic heterocycles. The van der Waals surface area contributed by atoms with Crippen LogP contribution in [0.25, 0.3) is 6.08 Å². The van der Waals surface area contributed by atoms with E-state index in [9.17, 15) is 4.79 Å². The Morgan fingerprint density at radius 2 is 2.22 bits per heavy atom. The standard InChI is InChI=1S/C21H18ClN3O2/c22-18-3-1-2-16(11-18)12-25-13-20(23-14-25)24-21(26)7-5-15-4-6-19-17(10-15)8-9-27-19/h1-7,10-11,13-14H,8-9,12H2,(H,24,26)/b7-5+. The Hall–Kier alpha value is -3.05. The molecule has 1 aliphatic rings. The van der Waals surface area contributed by atoms with Crippen LogP contribution < -0.4 is 10.1 Å². The van der Waals surface area contributed by atoms with Gasteiger partial charge in [-0.1, -0.05) is 29.8 Å². The number of carbonyl (C=O) groups is 1. The van der Waals surface area contributed by atoms with Crippen molar-refractivity contribution in [2.45, 2.75) is 13.0 Å². The number of ether oxygens (including phenoxy) is 1. The van der Waals surface area contributed by atoms with Crippen LogP contribution in [0.2, 0.25) is 5.02 Å².